The van der Waals surface area contributed by atoms with E-state index in [0.29, 0.717) is 11.4 Å². The van der Waals surface area contributed by atoms with Crippen molar-refractivity contribution < 1.29 is 14.4 Å². The SMILES string of the molecule is Cc1cccc(NC(=O)[C@@]23CC[C@](C)(/C(=N\OC(=O)c4ccc(Cl)cc4Cl)C2)C3(C)C)c1. The van der Waals surface area contributed by atoms with Crippen LogP contribution in [0.25, 0.3) is 0 Å². The zero-order valence-electron chi connectivity index (χ0n) is 18.6. The standard InChI is InChI=1S/C25H26Cl2N2O3/c1-15-6-5-7-17(12-15)28-22(31)25-11-10-24(4,23(25,2)3)20(14-25)29-32-21(30)18-9-8-16(26)13-19(18)27/h5-9,12-13H,10-11,14H2,1-4H3,(H,28,31)/b29-20-/t24-,25-/m1/s1. The molecule has 0 aliphatic heterocycles. The van der Waals surface area contributed by atoms with Gasteiger partial charge in [0.05, 0.1) is 21.7 Å². The fourth-order valence-corrected chi connectivity index (χ4v) is 5.78. The van der Waals surface area contributed by atoms with Crippen LogP contribution in [0.5, 0.6) is 0 Å². The first kappa shape index (κ1) is 22.8. The summed E-state index contributed by atoms with van der Waals surface area (Å²) in [6.07, 6.45) is 1.99. The van der Waals surface area contributed by atoms with Crippen LogP contribution in [0, 0.1) is 23.2 Å². The van der Waals surface area contributed by atoms with Crippen molar-refractivity contribution in [3.63, 3.8) is 0 Å². The molecule has 0 spiro atoms. The topological polar surface area (TPSA) is 67.8 Å². The third-order valence-corrected chi connectivity index (χ3v) is 8.38. The van der Waals surface area contributed by atoms with Gasteiger partial charge >= 0.3 is 5.97 Å². The first-order chi connectivity index (χ1) is 15.0. The van der Waals surface area contributed by atoms with Crippen molar-refractivity contribution in [1.29, 1.82) is 0 Å². The van der Waals surface area contributed by atoms with Crippen LogP contribution in [0.3, 0.4) is 0 Å². The van der Waals surface area contributed by atoms with Gasteiger partial charge in [-0.05, 0) is 61.1 Å². The van der Waals surface area contributed by atoms with E-state index in [1.54, 1.807) is 6.07 Å². The highest BCUT2D eigenvalue weighted by Gasteiger charge is 2.71. The zero-order chi connectivity index (χ0) is 23.3. The molecule has 2 fully saturated rings. The number of halogens is 2. The highest BCUT2D eigenvalue weighted by molar-refractivity contribution is 6.36. The Hall–Kier alpha value is -2.37. The van der Waals surface area contributed by atoms with E-state index in [1.807, 2.05) is 31.2 Å². The molecule has 0 unspecified atom stereocenters. The van der Waals surface area contributed by atoms with Crippen molar-refractivity contribution in [2.45, 2.75) is 47.0 Å². The second kappa shape index (κ2) is 7.89. The third-order valence-electron chi connectivity index (χ3n) is 7.83. The van der Waals surface area contributed by atoms with Crippen LogP contribution in [0.2, 0.25) is 10.0 Å². The summed E-state index contributed by atoms with van der Waals surface area (Å²) in [4.78, 5) is 31.4. The Morgan fingerprint density at radius 1 is 1.06 bits per heavy atom. The monoisotopic (exact) mass is 472 g/mol. The summed E-state index contributed by atoms with van der Waals surface area (Å²) < 4.78 is 0. The lowest BCUT2D eigenvalue weighted by atomic mass is 9.64. The highest BCUT2D eigenvalue weighted by Crippen LogP contribution is 2.71. The van der Waals surface area contributed by atoms with Gasteiger partial charge in [0.25, 0.3) is 0 Å². The number of carbonyl (C=O) groups is 2. The van der Waals surface area contributed by atoms with Gasteiger partial charge in [-0.15, -0.1) is 0 Å². The Labute approximate surface area is 198 Å². The maximum Gasteiger partial charge on any atom is 0.367 e. The minimum absolute atomic E-state index is 0.0194. The number of nitrogens with zero attached hydrogens (tertiary/aromatic N) is 1. The van der Waals surface area contributed by atoms with Gasteiger partial charge in [0.2, 0.25) is 5.91 Å². The maximum absolute atomic E-state index is 13.5. The van der Waals surface area contributed by atoms with Gasteiger partial charge in [0.1, 0.15) is 0 Å². The van der Waals surface area contributed by atoms with Crippen molar-refractivity contribution in [3.05, 3.63) is 63.6 Å². The normalized spacial score (nSPS) is 26.9. The lowest BCUT2D eigenvalue weighted by molar-refractivity contribution is -0.130. The van der Waals surface area contributed by atoms with Crippen molar-refractivity contribution in [2.75, 3.05) is 5.32 Å². The van der Waals surface area contributed by atoms with Gasteiger partial charge in [-0.2, -0.15) is 0 Å². The molecule has 1 amide bonds. The Morgan fingerprint density at radius 3 is 2.50 bits per heavy atom. The van der Waals surface area contributed by atoms with Crippen molar-refractivity contribution in [3.8, 4) is 0 Å². The number of nitrogens with one attached hydrogen (secondary N) is 1. The Bertz CT molecular complexity index is 1140. The largest absolute Gasteiger partial charge is 0.367 e. The molecule has 7 heteroatoms. The molecule has 32 heavy (non-hydrogen) atoms. The summed E-state index contributed by atoms with van der Waals surface area (Å²) in [6.45, 7) is 8.31. The molecule has 5 nitrogen and oxygen atoms in total. The number of rotatable bonds is 4. The van der Waals surface area contributed by atoms with Crippen LogP contribution in [-0.4, -0.2) is 17.6 Å². The molecule has 1 N–H and O–H groups in total. The molecule has 2 bridgehead atoms. The molecular formula is C25H26Cl2N2O3. The van der Waals surface area contributed by atoms with Gasteiger partial charge in [0, 0.05) is 22.5 Å². The van der Waals surface area contributed by atoms with Crippen LogP contribution in [-0.2, 0) is 9.63 Å². The quantitative estimate of drug-likeness (QED) is 0.398. The summed E-state index contributed by atoms with van der Waals surface area (Å²) >= 11 is 12.0. The van der Waals surface area contributed by atoms with E-state index >= 15 is 0 Å². The minimum atomic E-state index is -0.651. The number of aryl methyl sites for hydroxylation is 1. The molecule has 2 aliphatic rings. The molecule has 0 heterocycles. The number of oxime groups is 1. The predicted molar refractivity (Wildman–Crippen MR) is 127 cm³/mol. The zero-order valence-corrected chi connectivity index (χ0v) is 20.1. The van der Waals surface area contributed by atoms with Gasteiger partial charge < -0.3 is 10.2 Å². The number of hydrogen-bond donors (Lipinski definition) is 1. The lowest BCUT2D eigenvalue weighted by Crippen LogP contribution is -2.43. The molecule has 0 saturated heterocycles. The first-order valence-electron chi connectivity index (χ1n) is 10.6. The van der Waals surface area contributed by atoms with Crippen molar-refractivity contribution in [2.24, 2.45) is 21.4 Å². The van der Waals surface area contributed by atoms with Crippen LogP contribution < -0.4 is 5.32 Å². The molecule has 0 aromatic heterocycles. The lowest BCUT2D eigenvalue weighted by Gasteiger charge is -2.39. The molecule has 4 rings (SSSR count). The minimum Gasteiger partial charge on any atom is -0.326 e. The molecule has 168 valence electrons. The number of anilines is 1. The van der Waals surface area contributed by atoms with Crippen molar-refractivity contribution >= 4 is 46.5 Å². The third kappa shape index (κ3) is 3.43. The molecule has 2 aromatic rings. The molecule has 0 radical (unpaired) electrons. The average molecular weight is 473 g/mol. The molecule has 2 aromatic carbocycles. The summed E-state index contributed by atoms with van der Waals surface area (Å²) in [5, 5.41) is 8.00. The average Bonchev–Trinajstić information content (AvgIpc) is 3.02. The number of amides is 1. The van der Waals surface area contributed by atoms with Gasteiger partial charge in [-0.1, -0.05) is 61.3 Å². The van der Waals surface area contributed by atoms with Gasteiger partial charge in [-0.25, -0.2) is 4.79 Å². The molecule has 2 atom stereocenters. The Balaban J connectivity index is 1.59. The summed E-state index contributed by atoms with van der Waals surface area (Å²) in [7, 11) is 0. The van der Waals surface area contributed by atoms with E-state index in [1.165, 1.54) is 12.1 Å². The molecule has 2 saturated carbocycles. The van der Waals surface area contributed by atoms with E-state index in [4.69, 9.17) is 28.0 Å². The maximum atomic E-state index is 13.5. The number of fused-ring (bicyclic) bond motifs is 2. The smallest absolute Gasteiger partial charge is 0.326 e. The van der Waals surface area contributed by atoms with Crippen LogP contribution in [0.15, 0.2) is 47.6 Å². The number of hydrogen-bond acceptors (Lipinski definition) is 4. The molecule has 2 aliphatic carbocycles. The fraction of sp³-hybridized carbons (Fsp3) is 0.400. The Kier molecular flexibility index (Phi) is 5.62. The summed E-state index contributed by atoms with van der Waals surface area (Å²) in [5.74, 6) is -0.671. The second-order valence-electron chi connectivity index (χ2n) is 9.58. The number of carbonyl (C=O) groups excluding carboxylic acids is 2. The summed E-state index contributed by atoms with van der Waals surface area (Å²) in [6, 6.07) is 12.3. The predicted octanol–water partition coefficient (Wildman–Crippen LogP) is 6.67. The number of benzene rings is 2. The highest BCUT2D eigenvalue weighted by atomic mass is 35.5. The Morgan fingerprint density at radius 2 is 1.81 bits per heavy atom. The van der Waals surface area contributed by atoms with E-state index in [0.717, 1.165) is 29.8 Å². The van der Waals surface area contributed by atoms with Crippen LogP contribution in [0.4, 0.5) is 5.69 Å². The van der Waals surface area contributed by atoms with E-state index in [-0.39, 0.29) is 27.3 Å². The van der Waals surface area contributed by atoms with E-state index < -0.39 is 11.4 Å². The van der Waals surface area contributed by atoms with Gasteiger partial charge in [-0.3, -0.25) is 4.79 Å². The van der Waals surface area contributed by atoms with Crippen LogP contribution in [0.1, 0.15) is 56.0 Å². The summed E-state index contributed by atoms with van der Waals surface area (Å²) in [5.41, 5.74) is 1.43. The van der Waals surface area contributed by atoms with Gasteiger partial charge in [0.15, 0.2) is 0 Å². The van der Waals surface area contributed by atoms with Crippen molar-refractivity contribution in [1.82, 2.24) is 0 Å². The molecular weight excluding hydrogens is 447 g/mol. The fourth-order valence-electron chi connectivity index (χ4n) is 5.30. The van der Waals surface area contributed by atoms with Crippen LogP contribution >= 0.6 is 23.2 Å². The van der Waals surface area contributed by atoms with E-state index in [9.17, 15) is 9.59 Å². The first-order valence-corrected chi connectivity index (χ1v) is 11.4. The van der Waals surface area contributed by atoms with E-state index in [2.05, 4.69) is 31.2 Å². The second-order valence-corrected chi connectivity index (χ2v) is 10.4.